The second-order valence-corrected chi connectivity index (χ2v) is 6.52. The third-order valence-corrected chi connectivity index (χ3v) is 4.64. The zero-order valence-electron chi connectivity index (χ0n) is 14.2. The highest BCUT2D eigenvalue weighted by Gasteiger charge is 2.18. The lowest BCUT2D eigenvalue weighted by Gasteiger charge is -2.03. The first-order chi connectivity index (χ1) is 12.6. The minimum absolute atomic E-state index is 0.246. The molecular weight excluding hydrogens is 373 g/mol. The average Bonchev–Trinajstić information content (AvgIpc) is 3.08. The Morgan fingerprint density at radius 3 is 2.54 bits per heavy atom. The van der Waals surface area contributed by atoms with Gasteiger partial charge >= 0.3 is 5.97 Å². The molecule has 0 N–H and O–H groups in total. The highest BCUT2D eigenvalue weighted by Crippen LogP contribution is 2.35. The van der Waals surface area contributed by atoms with E-state index in [0.717, 1.165) is 16.8 Å². The molecule has 0 spiro atoms. The van der Waals surface area contributed by atoms with E-state index in [1.807, 2.05) is 36.4 Å². The molecule has 4 nitrogen and oxygen atoms in total. The first-order valence-electron chi connectivity index (χ1n) is 8.16. The van der Waals surface area contributed by atoms with E-state index in [4.69, 9.17) is 27.6 Å². The molecule has 26 heavy (non-hydrogen) atoms. The van der Waals surface area contributed by atoms with Crippen molar-refractivity contribution in [3.63, 3.8) is 0 Å². The number of carbonyl (C=O) groups is 1. The van der Waals surface area contributed by atoms with E-state index >= 15 is 0 Å². The lowest BCUT2D eigenvalue weighted by molar-refractivity contribution is -0.140. The van der Waals surface area contributed by atoms with Crippen molar-refractivity contribution in [2.24, 2.45) is 0 Å². The Morgan fingerprint density at radius 2 is 1.85 bits per heavy atom. The molecule has 3 aromatic rings. The summed E-state index contributed by atoms with van der Waals surface area (Å²) in [6, 6.07) is 15.1. The van der Waals surface area contributed by atoms with Crippen LogP contribution in [-0.2, 0) is 16.0 Å². The van der Waals surface area contributed by atoms with Gasteiger partial charge in [0.05, 0.1) is 17.2 Å². The molecule has 134 valence electrons. The highest BCUT2D eigenvalue weighted by molar-refractivity contribution is 6.42. The Hall–Kier alpha value is -2.30. The van der Waals surface area contributed by atoms with Crippen molar-refractivity contribution in [3.05, 3.63) is 64.5 Å². The number of carbonyl (C=O) groups excluding carboxylic acids is 1. The van der Waals surface area contributed by atoms with Gasteiger partial charge in [-0.1, -0.05) is 53.5 Å². The van der Waals surface area contributed by atoms with E-state index in [1.54, 1.807) is 12.1 Å². The summed E-state index contributed by atoms with van der Waals surface area (Å²) in [6.07, 6.45) is 1.46. The van der Waals surface area contributed by atoms with Gasteiger partial charge in [0.25, 0.3) is 0 Å². The molecule has 6 heteroatoms. The zero-order chi connectivity index (χ0) is 18.5. The number of hydrogen-bond donors (Lipinski definition) is 0. The van der Waals surface area contributed by atoms with Crippen LogP contribution in [0.2, 0.25) is 10.0 Å². The van der Waals surface area contributed by atoms with Crippen LogP contribution in [-0.4, -0.2) is 18.1 Å². The predicted molar refractivity (Wildman–Crippen MR) is 102 cm³/mol. The van der Waals surface area contributed by atoms with Gasteiger partial charge in [-0.25, -0.2) is 4.98 Å². The van der Waals surface area contributed by atoms with E-state index < -0.39 is 0 Å². The Kier molecular flexibility index (Phi) is 5.96. The molecule has 0 aliphatic heterocycles. The van der Waals surface area contributed by atoms with Gasteiger partial charge in [-0.3, -0.25) is 4.79 Å². The summed E-state index contributed by atoms with van der Waals surface area (Å²) in [7, 11) is 1.38. The van der Waals surface area contributed by atoms with Crippen molar-refractivity contribution in [2.45, 2.75) is 19.3 Å². The van der Waals surface area contributed by atoms with E-state index in [0.29, 0.717) is 41.0 Å². The Bertz CT molecular complexity index is 907. The largest absolute Gasteiger partial charge is 0.469 e. The van der Waals surface area contributed by atoms with Crippen LogP contribution in [0.3, 0.4) is 0 Å². The Labute approximate surface area is 161 Å². The Morgan fingerprint density at radius 1 is 1.08 bits per heavy atom. The van der Waals surface area contributed by atoms with Gasteiger partial charge in [-0.15, -0.1) is 0 Å². The molecule has 3 rings (SSSR count). The van der Waals surface area contributed by atoms with Crippen molar-refractivity contribution in [3.8, 4) is 22.6 Å². The average molecular weight is 390 g/mol. The first kappa shape index (κ1) is 18.5. The molecular formula is C20H17Cl2NO3. The van der Waals surface area contributed by atoms with E-state index in [2.05, 4.69) is 9.72 Å². The van der Waals surface area contributed by atoms with Crippen molar-refractivity contribution in [1.29, 1.82) is 0 Å². The first-order valence-corrected chi connectivity index (χ1v) is 8.91. The lowest BCUT2D eigenvalue weighted by Crippen LogP contribution is -2.00. The van der Waals surface area contributed by atoms with Gasteiger partial charge in [0, 0.05) is 24.0 Å². The summed E-state index contributed by atoms with van der Waals surface area (Å²) < 4.78 is 10.7. The minimum Gasteiger partial charge on any atom is -0.469 e. The number of esters is 1. The van der Waals surface area contributed by atoms with Crippen LogP contribution in [0.4, 0.5) is 0 Å². The number of aromatic nitrogens is 1. The standard InChI is InChI=1S/C20H17Cl2NO3/c1-25-18(24)9-5-8-17-23-19(13-6-3-2-4-7-13)20(26-17)14-10-11-15(21)16(22)12-14/h2-4,6-7,10-12H,5,8-9H2,1H3. The number of aryl methyl sites for hydroxylation is 1. The number of ether oxygens (including phenoxy) is 1. The molecule has 0 aliphatic rings. The van der Waals surface area contributed by atoms with Gasteiger partial charge < -0.3 is 9.15 Å². The van der Waals surface area contributed by atoms with Crippen LogP contribution in [0.25, 0.3) is 22.6 Å². The molecule has 1 aromatic heterocycles. The zero-order valence-corrected chi connectivity index (χ0v) is 15.7. The topological polar surface area (TPSA) is 52.3 Å². The second-order valence-electron chi connectivity index (χ2n) is 5.71. The van der Waals surface area contributed by atoms with Crippen molar-refractivity contribution in [1.82, 2.24) is 4.98 Å². The van der Waals surface area contributed by atoms with Crippen LogP contribution in [0.5, 0.6) is 0 Å². The summed E-state index contributed by atoms with van der Waals surface area (Å²) in [4.78, 5) is 15.9. The van der Waals surface area contributed by atoms with Gasteiger partial charge in [-0.05, 0) is 24.6 Å². The summed E-state index contributed by atoms with van der Waals surface area (Å²) in [5.74, 6) is 0.946. The maximum Gasteiger partial charge on any atom is 0.305 e. The predicted octanol–water partition coefficient (Wildman–Crippen LogP) is 5.81. The van der Waals surface area contributed by atoms with Gasteiger partial charge in [0.15, 0.2) is 11.7 Å². The molecule has 0 radical (unpaired) electrons. The number of methoxy groups -OCH3 is 1. The number of nitrogens with zero attached hydrogens (tertiary/aromatic N) is 1. The second kappa shape index (κ2) is 8.39. The fourth-order valence-electron chi connectivity index (χ4n) is 2.58. The number of rotatable bonds is 6. The molecule has 0 saturated carbocycles. The summed E-state index contributed by atoms with van der Waals surface area (Å²) in [6.45, 7) is 0. The molecule has 0 bridgehead atoms. The number of halogens is 2. The third-order valence-electron chi connectivity index (χ3n) is 3.90. The minimum atomic E-state index is -0.246. The summed E-state index contributed by atoms with van der Waals surface area (Å²) >= 11 is 12.2. The summed E-state index contributed by atoms with van der Waals surface area (Å²) in [5.41, 5.74) is 2.47. The van der Waals surface area contributed by atoms with Gasteiger partial charge in [0.2, 0.25) is 0 Å². The maximum absolute atomic E-state index is 11.3. The number of benzene rings is 2. The van der Waals surface area contributed by atoms with E-state index in [-0.39, 0.29) is 5.97 Å². The van der Waals surface area contributed by atoms with Crippen LogP contribution in [0.15, 0.2) is 52.9 Å². The quantitative estimate of drug-likeness (QED) is 0.499. The third kappa shape index (κ3) is 4.26. The Balaban J connectivity index is 1.95. The molecule has 0 aliphatic carbocycles. The number of oxazole rings is 1. The molecule has 1 heterocycles. The maximum atomic E-state index is 11.3. The highest BCUT2D eigenvalue weighted by atomic mass is 35.5. The van der Waals surface area contributed by atoms with Crippen LogP contribution >= 0.6 is 23.2 Å². The van der Waals surface area contributed by atoms with Crippen LogP contribution < -0.4 is 0 Å². The summed E-state index contributed by atoms with van der Waals surface area (Å²) in [5, 5.41) is 0.932. The molecule has 0 unspecified atom stereocenters. The fourth-order valence-corrected chi connectivity index (χ4v) is 2.88. The number of hydrogen-bond acceptors (Lipinski definition) is 4. The van der Waals surface area contributed by atoms with Gasteiger partial charge in [-0.2, -0.15) is 0 Å². The van der Waals surface area contributed by atoms with Crippen LogP contribution in [0, 0.1) is 0 Å². The smallest absolute Gasteiger partial charge is 0.305 e. The monoisotopic (exact) mass is 389 g/mol. The van der Waals surface area contributed by atoms with E-state index in [1.165, 1.54) is 7.11 Å². The molecule has 2 aromatic carbocycles. The molecule has 0 fully saturated rings. The SMILES string of the molecule is COC(=O)CCCc1nc(-c2ccccc2)c(-c2ccc(Cl)c(Cl)c2)o1. The van der Waals surface area contributed by atoms with Crippen LogP contribution in [0.1, 0.15) is 18.7 Å². The fraction of sp³-hybridized carbons (Fsp3) is 0.200. The molecule has 0 atom stereocenters. The molecule has 0 amide bonds. The normalized spacial score (nSPS) is 10.7. The van der Waals surface area contributed by atoms with Crippen molar-refractivity contribution >= 4 is 29.2 Å². The van der Waals surface area contributed by atoms with E-state index in [9.17, 15) is 4.79 Å². The van der Waals surface area contributed by atoms with Crippen molar-refractivity contribution in [2.75, 3.05) is 7.11 Å². The van der Waals surface area contributed by atoms with Crippen molar-refractivity contribution < 1.29 is 13.9 Å². The van der Waals surface area contributed by atoms with Gasteiger partial charge in [0.1, 0.15) is 5.69 Å². The lowest BCUT2D eigenvalue weighted by atomic mass is 10.1. The molecule has 0 saturated heterocycles.